The number of tetrazole rings is 1. The molecule has 86 valence electrons. The Morgan fingerprint density at radius 1 is 1.53 bits per heavy atom. The molecular weight excluding hydrogens is 240 g/mol. The van der Waals surface area contributed by atoms with Gasteiger partial charge in [0.25, 0.3) is 10.1 Å². The molecule has 1 aromatic rings. The van der Waals surface area contributed by atoms with Crippen LogP contribution in [-0.2, 0) is 16.0 Å². The highest BCUT2D eigenvalue weighted by Crippen LogP contribution is 2.17. The molecule has 0 radical (unpaired) electrons. The molecule has 15 heavy (non-hydrogen) atoms. The van der Waals surface area contributed by atoms with E-state index in [-0.39, 0.29) is 0 Å². The van der Waals surface area contributed by atoms with Gasteiger partial charge in [-0.05, 0) is 16.3 Å². The number of rotatable bonds is 5. The smallest absolute Gasteiger partial charge is 0.284 e. The van der Waals surface area contributed by atoms with E-state index in [4.69, 9.17) is 4.55 Å². The zero-order chi connectivity index (χ0) is 11.5. The molecule has 0 fully saturated rings. The molecule has 0 unspecified atom stereocenters. The zero-order valence-corrected chi connectivity index (χ0v) is 9.99. The minimum Gasteiger partial charge on any atom is -0.284 e. The van der Waals surface area contributed by atoms with Crippen LogP contribution in [0.1, 0.15) is 13.8 Å². The molecule has 1 aromatic heterocycles. The van der Waals surface area contributed by atoms with Gasteiger partial charge in [0.05, 0.1) is 0 Å². The molecule has 1 N–H and O–H groups in total. The number of aromatic nitrogens is 4. The summed E-state index contributed by atoms with van der Waals surface area (Å²) in [7, 11) is -4.10. The molecule has 1 heterocycles. The number of hydrogen-bond acceptors (Lipinski definition) is 6. The Labute approximate surface area is 92.0 Å². The third-order valence-corrected chi connectivity index (χ3v) is 3.29. The summed E-state index contributed by atoms with van der Waals surface area (Å²) in [5.41, 5.74) is 0. The predicted octanol–water partition coefficient (Wildman–Crippen LogP) is 0.266. The van der Waals surface area contributed by atoms with Gasteiger partial charge in [-0.3, -0.25) is 4.55 Å². The van der Waals surface area contributed by atoms with Gasteiger partial charge in [-0.25, -0.2) is 4.68 Å². The molecular formula is C6H12N4O3S2. The van der Waals surface area contributed by atoms with Gasteiger partial charge in [0.1, 0.15) is 0 Å². The molecule has 0 atom stereocenters. The second-order valence-corrected chi connectivity index (χ2v) is 5.79. The van der Waals surface area contributed by atoms with Crippen LogP contribution in [0.5, 0.6) is 0 Å². The summed E-state index contributed by atoms with van der Waals surface area (Å²) >= 11 is 1.35. The van der Waals surface area contributed by atoms with E-state index in [9.17, 15) is 8.42 Å². The fourth-order valence-electron chi connectivity index (χ4n) is 0.777. The Balaban J connectivity index is 2.70. The van der Waals surface area contributed by atoms with Crippen molar-refractivity contribution in [2.45, 2.75) is 24.9 Å². The van der Waals surface area contributed by atoms with Crippen LogP contribution >= 0.6 is 11.8 Å². The van der Waals surface area contributed by atoms with Gasteiger partial charge in [-0.15, -0.1) is 5.10 Å². The Hall–Kier alpha value is -0.670. The lowest BCUT2D eigenvalue weighted by Gasteiger charge is -2.03. The van der Waals surface area contributed by atoms with E-state index >= 15 is 0 Å². The molecule has 0 aliphatic heterocycles. The van der Waals surface area contributed by atoms with Crippen LogP contribution in [0.15, 0.2) is 5.16 Å². The first-order chi connectivity index (χ1) is 6.88. The first-order valence-corrected chi connectivity index (χ1v) is 6.82. The predicted molar refractivity (Wildman–Crippen MR) is 54.9 cm³/mol. The second kappa shape index (κ2) is 4.90. The fourth-order valence-corrected chi connectivity index (χ4v) is 2.17. The molecule has 0 aliphatic rings. The first kappa shape index (κ1) is 12.4. The van der Waals surface area contributed by atoms with Crippen molar-refractivity contribution in [2.24, 2.45) is 5.92 Å². The molecule has 0 spiro atoms. The Morgan fingerprint density at radius 2 is 2.20 bits per heavy atom. The molecule has 0 aliphatic carbocycles. The third kappa shape index (κ3) is 4.58. The SMILES string of the molecule is CC(C)CSc1nnnn1CS(=O)(=O)O. The second-order valence-electron chi connectivity index (χ2n) is 3.38. The van der Waals surface area contributed by atoms with Gasteiger partial charge in [0.15, 0.2) is 5.88 Å². The molecule has 0 saturated heterocycles. The number of hydrogen-bond donors (Lipinski definition) is 1. The van der Waals surface area contributed by atoms with Crippen LogP contribution in [0.25, 0.3) is 0 Å². The standard InChI is InChI=1S/C6H12N4O3S2/c1-5(2)3-14-6-7-8-9-10(6)4-15(11,12)13/h5H,3-4H2,1-2H3,(H,11,12,13). The summed E-state index contributed by atoms with van der Waals surface area (Å²) in [4.78, 5) is 0. The van der Waals surface area contributed by atoms with Crippen LogP contribution in [0.2, 0.25) is 0 Å². The summed E-state index contributed by atoms with van der Waals surface area (Å²) in [5.74, 6) is 0.623. The number of nitrogens with zero attached hydrogens (tertiary/aromatic N) is 4. The van der Waals surface area contributed by atoms with Crippen LogP contribution < -0.4 is 0 Å². The average Bonchev–Trinajstić information content (AvgIpc) is 2.45. The highest BCUT2D eigenvalue weighted by Gasteiger charge is 2.13. The zero-order valence-electron chi connectivity index (χ0n) is 8.36. The van der Waals surface area contributed by atoms with Gasteiger partial charge in [0, 0.05) is 5.75 Å². The third-order valence-electron chi connectivity index (χ3n) is 1.33. The van der Waals surface area contributed by atoms with E-state index in [0.29, 0.717) is 11.1 Å². The maximum Gasteiger partial charge on any atom is 0.285 e. The Bertz CT molecular complexity index is 414. The van der Waals surface area contributed by atoms with Gasteiger partial charge in [-0.2, -0.15) is 8.42 Å². The average molecular weight is 252 g/mol. The lowest BCUT2D eigenvalue weighted by molar-refractivity contribution is 0.459. The first-order valence-electron chi connectivity index (χ1n) is 4.22. The lowest BCUT2D eigenvalue weighted by atomic mass is 10.3. The minimum atomic E-state index is -4.10. The van der Waals surface area contributed by atoms with Crippen LogP contribution in [0.3, 0.4) is 0 Å². The maximum atomic E-state index is 10.6. The van der Waals surface area contributed by atoms with E-state index in [2.05, 4.69) is 15.5 Å². The quantitative estimate of drug-likeness (QED) is 0.593. The molecule has 7 nitrogen and oxygen atoms in total. The normalized spacial score (nSPS) is 12.3. The monoisotopic (exact) mass is 252 g/mol. The highest BCUT2D eigenvalue weighted by atomic mass is 32.2. The molecule has 0 saturated carbocycles. The largest absolute Gasteiger partial charge is 0.285 e. The Kier molecular flexibility index (Phi) is 4.05. The topological polar surface area (TPSA) is 98.0 Å². The van der Waals surface area contributed by atoms with Crippen LogP contribution in [0.4, 0.5) is 0 Å². The fraction of sp³-hybridized carbons (Fsp3) is 0.833. The summed E-state index contributed by atoms with van der Waals surface area (Å²) in [6, 6.07) is 0. The van der Waals surface area contributed by atoms with E-state index in [0.717, 1.165) is 10.4 Å². The van der Waals surface area contributed by atoms with Crippen molar-refractivity contribution in [1.29, 1.82) is 0 Å². The van der Waals surface area contributed by atoms with Crippen molar-refractivity contribution in [3.05, 3.63) is 0 Å². The van der Waals surface area contributed by atoms with Gasteiger partial charge in [0.2, 0.25) is 5.16 Å². The molecule has 1 rings (SSSR count). The summed E-state index contributed by atoms with van der Waals surface area (Å²) in [6.45, 7) is 4.06. The van der Waals surface area contributed by atoms with Gasteiger partial charge >= 0.3 is 0 Å². The van der Waals surface area contributed by atoms with Crippen molar-refractivity contribution in [3.8, 4) is 0 Å². The van der Waals surface area contributed by atoms with Crippen LogP contribution in [0, 0.1) is 5.92 Å². The maximum absolute atomic E-state index is 10.6. The molecule has 0 bridgehead atoms. The molecule has 9 heteroatoms. The van der Waals surface area contributed by atoms with Crippen molar-refractivity contribution >= 4 is 21.9 Å². The molecule has 0 amide bonds. The Morgan fingerprint density at radius 3 is 2.73 bits per heavy atom. The van der Waals surface area contributed by atoms with Crippen molar-refractivity contribution in [2.75, 3.05) is 5.75 Å². The highest BCUT2D eigenvalue weighted by molar-refractivity contribution is 7.99. The molecule has 0 aromatic carbocycles. The summed E-state index contributed by atoms with van der Waals surface area (Å²) < 4.78 is 30.9. The van der Waals surface area contributed by atoms with Crippen molar-refractivity contribution in [3.63, 3.8) is 0 Å². The summed E-state index contributed by atoms with van der Waals surface area (Å²) in [5, 5.41) is 10.9. The van der Waals surface area contributed by atoms with Crippen LogP contribution in [-0.4, -0.2) is 38.9 Å². The lowest BCUT2D eigenvalue weighted by Crippen LogP contribution is -2.12. The van der Waals surface area contributed by atoms with Crippen molar-refractivity contribution < 1.29 is 13.0 Å². The van der Waals surface area contributed by atoms with Gasteiger partial charge < -0.3 is 0 Å². The minimum absolute atomic E-state index is 0.390. The summed E-state index contributed by atoms with van der Waals surface area (Å²) in [6.07, 6.45) is 0. The number of thioether (sulfide) groups is 1. The van der Waals surface area contributed by atoms with E-state index in [1.54, 1.807) is 0 Å². The van der Waals surface area contributed by atoms with Gasteiger partial charge in [-0.1, -0.05) is 25.6 Å². The van der Waals surface area contributed by atoms with E-state index in [1.807, 2.05) is 13.8 Å². The van der Waals surface area contributed by atoms with E-state index in [1.165, 1.54) is 11.8 Å². The van der Waals surface area contributed by atoms with E-state index < -0.39 is 16.0 Å². The van der Waals surface area contributed by atoms with Crippen molar-refractivity contribution in [1.82, 2.24) is 20.2 Å².